The first kappa shape index (κ1) is 108. The normalized spacial score (nSPS) is 13.4. The Hall–Kier alpha value is -6.84. The molecule has 0 rings (SSSR count). The molecule has 0 aliphatic heterocycles. The lowest BCUT2D eigenvalue weighted by Crippen LogP contribution is -2.52. The van der Waals surface area contributed by atoms with Crippen LogP contribution in [0.15, 0.2) is 0 Å². The first-order chi connectivity index (χ1) is 53.4. The van der Waals surface area contributed by atoms with Crippen LogP contribution >= 0.6 is 0 Å². The van der Waals surface area contributed by atoms with Crippen LogP contribution in [0.1, 0.15) is 193 Å². The molecular formula is C75H156N24O12. The van der Waals surface area contributed by atoms with Crippen LogP contribution in [0.3, 0.4) is 0 Å². The third-order valence-corrected chi connectivity index (χ3v) is 18.6. The molecule has 0 fully saturated rings. The van der Waals surface area contributed by atoms with Gasteiger partial charge in [-0.2, -0.15) is 0 Å². The summed E-state index contributed by atoms with van der Waals surface area (Å²) in [6, 6.07) is -4.09. The van der Waals surface area contributed by atoms with Gasteiger partial charge >= 0.3 is 0 Å². The fourth-order valence-corrected chi connectivity index (χ4v) is 11.7. The minimum Gasteiger partial charge on any atom is -0.370 e. The molecule has 0 aromatic rings. The lowest BCUT2D eigenvalue weighted by Gasteiger charge is -2.22. The molecule has 111 heavy (non-hydrogen) atoms. The third kappa shape index (κ3) is 61.4. The van der Waals surface area contributed by atoms with E-state index in [2.05, 4.69) is 112 Å². The van der Waals surface area contributed by atoms with E-state index in [0.717, 1.165) is 136 Å². The molecule has 0 aliphatic carbocycles. The molecule has 36 nitrogen and oxygen atoms in total. The van der Waals surface area contributed by atoms with E-state index in [1.807, 2.05) is 42.3 Å². The highest BCUT2D eigenvalue weighted by molar-refractivity contribution is 5.92. The first-order valence-corrected chi connectivity index (χ1v) is 40.7. The molecule has 0 aromatic carbocycles. The Morgan fingerprint density at radius 3 is 0.495 bits per heavy atom. The number of carbonyl (C=O) groups excluding carboxylic acids is 12. The predicted molar refractivity (Wildman–Crippen MR) is 441 cm³/mol. The number of hydrogen-bond donors (Lipinski definition) is 24. The van der Waals surface area contributed by atoms with Gasteiger partial charge < -0.3 is 129 Å². The van der Waals surface area contributed by atoms with Gasteiger partial charge in [0.2, 0.25) is 70.9 Å². The van der Waals surface area contributed by atoms with Crippen molar-refractivity contribution in [3.63, 3.8) is 0 Å². The summed E-state index contributed by atoms with van der Waals surface area (Å²) in [4.78, 5) is 147. The minimum atomic E-state index is -0.735. The quantitative estimate of drug-likeness (QED) is 0.0259. The molecule has 0 unspecified atom stereocenters. The summed E-state index contributed by atoms with van der Waals surface area (Å²) in [6.45, 7) is 7.25. The van der Waals surface area contributed by atoms with Crippen molar-refractivity contribution in [2.75, 3.05) is 163 Å². The molecule has 9 atom stereocenters. The topological polar surface area (TPSA) is 536 Å². The number of likely N-dealkylation sites (N-methyl/N-ethyl adjacent to an activating group) is 6. The second-order valence-electron chi connectivity index (χ2n) is 27.7. The maximum Gasteiger partial charge on any atom is 0.242 e. The summed E-state index contributed by atoms with van der Waals surface area (Å²) < 4.78 is 0. The molecule has 27 N–H and O–H groups in total. The summed E-state index contributed by atoms with van der Waals surface area (Å²) in [5.41, 5.74) is 15.5. The van der Waals surface area contributed by atoms with Crippen molar-refractivity contribution < 1.29 is 57.5 Å². The Morgan fingerprint density at radius 1 is 0.189 bits per heavy atom. The molecule has 0 aromatic heterocycles. The standard InChI is InChI=1S/3C25H52N8O4/c3*1-27-15-8-5-11-19(29-3)23(35)31-17-10-7-13-21(24(36)32-18-14-22(26)34)33-25(37)20(30-4)12-6-9-16-28-2/h3*19-21,27-30H,5-18H2,1-4H3,(H2,26,34)(H,31,35)(H,32,36)(H,33,37)/t3*19-,20-,21-/m000/s1. The van der Waals surface area contributed by atoms with Gasteiger partial charge in [0, 0.05) is 58.5 Å². The molecule has 0 aliphatic rings. The van der Waals surface area contributed by atoms with Crippen molar-refractivity contribution in [1.82, 2.24) is 112 Å². The van der Waals surface area contributed by atoms with Gasteiger partial charge in [0.15, 0.2) is 0 Å². The van der Waals surface area contributed by atoms with Crippen LogP contribution in [0.5, 0.6) is 0 Å². The smallest absolute Gasteiger partial charge is 0.242 e. The highest BCUT2D eigenvalue weighted by Crippen LogP contribution is 2.11. The fraction of sp³-hybridized carbons (Fsp3) is 0.840. The van der Waals surface area contributed by atoms with Crippen LogP contribution < -0.4 is 129 Å². The summed E-state index contributed by atoms with van der Waals surface area (Å²) in [6.07, 6.45) is 20.9. The molecule has 0 spiro atoms. The van der Waals surface area contributed by atoms with Crippen molar-refractivity contribution in [2.45, 2.75) is 247 Å². The lowest BCUT2D eigenvalue weighted by atomic mass is 10.1. The molecule has 0 saturated heterocycles. The molecule has 0 heterocycles. The zero-order chi connectivity index (χ0) is 83.7. The van der Waals surface area contributed by atoms with Crippen molar-refractivity contribution in [3.05, 3.63) is 0 Å². The summed E-state index contributed by atoms with van der Waals surface area (Å²) in [5.74, 6) is -3.34. The van der Waals surface area contributed by atoms with E-state index in [9.17, 15) is 57.5 Å². The monoisotopic (exact) mass is 1590 g/mol. The van der Waals surface area contributed by atoms with Crippen molar-refractivity contribution >= 4 is 70.9 Å². The van der Waals surface area contributed by atoms with Gasteiger partial charge in [-0.15, -0.1) is 0 Å². The van der Waals surface area contributed by atoms with Gasteiger partial charge in [0.1, 0.15) is 18.1 Å². The van der Waals surface area contributed by atoms with Gasteiger partial charge in [0.05, 0.1) is 36.3 Å². The molecule has 648 valence electrons. The Morgan fingerprint density at radius 2 is 0.333 bits per heavy atom. The number of amides is 12. The average molecular weight is 1590 g/mol. The van der Waals surface area contributed by atoms with Crippen LogP contribution in [0.4, 0.5) is 0 Å². The van der Waals surface area contributed by atoms with Crippen LogP contribution in [0, 0.1) is 0 Å². The maximum atomic E-state index is 12.8. The minimum absolute atomic E-state index is 0.0314. The fourth-order valence-electron chi connectivity index (χ4n) is 11.7. The van der Waals surface area contributed by atoms with E-state index in [1.54, 1.807) is 42.3 Å². The molecule has 36 heteroatoms. The number of rotatable bonds is 72. The number of unbranched alkanes of at least 4 members (excludes halogenated alkanes) is 9. The van der Waals surface area contributed by atoms with E-state index < -0.39 is 54.0 Å². The zero-order valence-corrected chi connectivity index (χ0v) is 70.0. The average Bonchev–Trinajstić information content (AvgIpc) is 0.885. The highest BCUT2D eigenvalue weighted by Gasteiger charge is 2.29. The number of carbonyl (C=O) groups is 12. The number of nitrogens with two attached hydrogens (primary N) is 3. The van der Waals surface area contributed by atoms with Crippen LogP contribution in [0.25, 0.3) is 0 Å². The van der Waals surface area contributed by atoms with Crippen molar-refractivity contribution in [1.29, 1.82) is 0 Å². The molecule has 0 radical (unpaired) electrons. The van der Waals surface area contributed by atoms with E-state index in [-0.39, 0.29) is 110 Å². The molecule has 0 bridgehead atoms. The van der Waals surface area contributed by atoms with Gasteiger partial charge in [-0.1, -0.05) is 38.5 Å². The van der Waals surface area contributed by atoms with E-state index in [0.29, 0.717) is 96.7 Å². The van der Waals surface area contributed by atoms with E-state index >= 15 is 0 Å². The van der Waals surface area contributed by atoms with E-state index in [1.165, 1.54) is 0 Å². The Labute approximate surface area is 664 Å². The number of nitrogens with one attached hydrogen (secondary N) is 21. The molecular weight excluding hydrogens is 1430 g/mol. The largest absolute Gasteiger partial charge is 0.370 e. The van der Waals surface area contributed by atoms with Gasteiger partial charge in [-0.05, 0) is 259 Å². The van der Waals surface area contributed by atoms with Crippen molar-refractivity contribution in [2.24, 2.45) is 17.2 Å². The van der Waals surface area contributed by atoms with Gasteiger partial charge in [-0.3, -0.25) is 57.5 Å². The van der Waals surface area contributed by atoms with Crippen LogP contribution in [-0.2, 0) is 57.5 Å². The molecule has 12 amide bonds. The molecule has 0 saturated carbocycles. The summed E-state index contributed by atoms with van der Waals surface area (Å²) in [7, 11) is 21.9. The predicted octanol–water partition coefficient (Wildman–Crippen LogP) is -3.89. The first-order valence-electron chi connectivity index (χ1n) is 40.7. The number of hydrogen-bond acceptors (Lipinski definition) is 24. The Balaban J connectivity index is -0.00000158. The number of primary amides is 3. The second kappa shape index (κ2) is 75.8. The third-order valence-electron chi connectivity index (χ3n) is 18.6. The Kier molecular flexibility index (Phi) is 74.0. The summed E-state index contributed by atoms with van der Waals surface area (Å²) >= 11 is 0. The maximum absolute atomic E-state index is 12.8. The SMILES string of the molecule is CNCCCC[C@H](NC)C(=O)NCCCC[C@H](NC(=O)[C@H](CCCCNC)NC)C(=O)NCCC(N)=O.CNCCCC[C@H](NC)C(=O)NCCCC[C@H](NC(=O)[C@H](CCCCNC)NC)C(=O)NCCC(N)=O.CNCCCC[C@H](NC)C(=O)NCCCC[C@H](NC(=O)[C@H](CCCCNC)NC)C(=O)NCCC(N)=O. The Bertz CT molecular complexity index is 2210. The van der Waals surface area contributed by atoms with Crippen molar-refractivity contribution in [3.8, 4) is 0 Å². The lowest BCUT2D eigenvalue weighted by molar-refractivity contribution is -0.130. The highest BCUT2D eigenvalue weighted by atomic mass is 16.2. The van der Waals surface area contributed by atoms with Gasteiger partial charge in [0.25, 0.3) is 0 Å². The van der Waals surface area contributed by atoms with E-state index in [4.69, 9.17) is 17.2 Å². The van der Waals surface area contributed by atoms with Gasteiger partial charge in [-0.25, -0.2) is 0 Å². The zero-order valence-electron chi connectivity index (χ0n) is 70.0. The second-order valence-corrected chi connectivity index (χ2v) is 27.7. The van der Waals surface area contributed by atoms with Crippen LogP contribution in [0.2, 0.25) is 0 Å². The summed E-state index contributed by atoms with van der Waals surface area (Å²) in [5, 5.41) is 62.3. The van der Waals surface area contributed by atoms with Crippen LogP contribution in [-0.4, -0.2) is 288 Å².